The van der Waals surface area contributed by atoms with E-state index in [-0.39, 0.29) is 18.2 Å². The summed E-state index contributed by atoms with van der Waals surface area (Å²) in [6.45, 7) is 4.91. The number of halogens is 3. The molecule has 0 bridgehead atoms. The summed E-state index contributed by atoms with van der Waals surface area (Å²) < 4.78 is 59.8. The highest BCUT2D eigenvalue weighted by Crippen LogP contribution is 2.48. The highest BCUT2D eigenvalue weighted by molar-refractivity contribution is 6.05. The summed E-state index contributed by atoms with van der Waals surface area (Å²) in [6.07, 6.45) is -0.337. The zero-order chi connectivity index (χ0) is 30.1. The number of aromatic nitrogens is 1. The van der Waals surface area contributed by atoms with E-state index in [1.165, 1.54) is 0 Å². The maximum absolute atomic E-state index is 13.5. The Morgan fingerprint density at radius 1 is 0.930 bits per heavy atom. The summed E-state index contributed by atoms with van der Waals surface area (Å²) >= 11 is 0. The van der Waals surface area contributed by atoms with Crippen molar-refractivity contribution in [1.29, 1.82) is 0 Å². The van der Waals surface area contributed by atoms with Crippen LogP contribution in [0.2, 0.25) is 0 Å². The smallest absolute Gasteiger partial charge is 0.416 e. The Labute approximate surface area is 248 Å². The summed E-state index contributed by atoms with van der Waals surface area (Å²) in [5, 5.41) is 3.70. The van der Waals surface area contributed by atoms with Crippen molar-refractivity contribution in [2.24, 2.45) is 0 Å². The molecule has 1 N–H and O–H groups in total. The van der Waals surface area contributed by atoms with Gasteiger partial charge in [0.1, 0.15) is 11.9 Å². The van der Waals surface area contributed by atoms with Crippen LogP contribution in [0.15, 0.2) is 66.7 Å². The van der Waals surface area contributed by atoms with Crippen LogP contribution in [-0.4, -0.2) is 36.1 Å². The lowest BCUT2D eigenvalue weighted by Crippen LogP contribution is -2.25. The first kappa shape index (κ1) is 29.1. The van der Waals surface area contributed by atoms with Crippen LogP contribution < -0.4 is 10.1 Å². The molecule has 226 valence electrons. The average molecular weight is 593 g/mol. The Balaban J connectivity index is 1.48. The van der Waals surface area contributed by atoms with E-state index in [0.29, 0.717) is 24.5 Å². The molecular formula is C34H35F3N2O4. The number of anilines is 1. The molecule has 1 aliphatic carbocycles. The summed E-state index contributed by atoms with van der Waals surface area (Å²) in [6, 6.07) is 19.2. The van der Waals surface area contributed by atoms with Gasteiger partial charge in [-0.1, -0.05) is 24.3 Å². The second-order valence-corrected chi connectivity index (χ2v) is 11.5. The van der Waals surface area contributed by atoms with Gasteiger partial charge in [0.25, 0.3) is 0 Å². The minimum absolute atomic E-state index is 0.0783. The summed E-state index contributed by atoms with van der Waals surface area (Å²) in [7, 11) is 0. The third-order valence-electron chi connectivity index (χ3n) is 8.14. The number of nitrogens with one attached hydrogen (secondary N) is 1. The Morgan fingerprint density at radius 3 is 2.21 bits per heavy atom. The first-order valence-corrected chi connectivity index (χ1v) is 14.9. The standard InChI is InChI=1S/C34H35F3N2O4/c1-21(2)42-33(40)38-25-12-8-23(9-13-25)32-31(22-6-10-24(11-7-22)34(35,36)37)29-15-14-28(43-27-16-18-41-19-17-27)20-30(29)39(32)26-4-3-5-26/h6-15,20-21,26-27H,3-5,16-19H2,1-2H3,(H,38,40). The maximum atomic E-state index is 13.5. The molecular weight excluding hydrogens is 557 g/mol. The number of carbonyl (C=O) groups is 1. The van der Waals surface area contributed by atoms with Gasteiger partial charge in [-0.25, -0.2) is 4.79 Å². The van der Waals surface area contributed by atoms with E-state index in [0.717, 1.165) is 77.7 Å². The molecule has 6 rings (SSSR count). The van der Waals surface area contributed by atoms with Crippen molar-refractivity contribution in [1.82, 2.24) is 4.57 Å². The lowest BCUT2D eigenvalue weighted by molar-refractivity contribution is -0.137. The number of ether oxygens (including phenoxy) is 3. The Kier molecular flexibility index (Phi) is 8.09. The molecule has 4 aromatic rings. The van der Waals surface area contributed by atoms with Crippen LogP contribution in [0.1, 0.15) is 57.6 Å². The SMILES string of the molecule is CC(C)OC(=O)Nc1ccc(-c2c(-c3ccc(C(F)(F)F)cc3)c3ccc(OC4CCOCC4)cc3n2C2CCC2)cc1. The summed E-state index contributed by atoms with van der Waals surface area (Å²) in [5.74, 6) is 0.770. The van der Waals surface area contributed by atoms with Gasteiger partial charge in [0, 0.05) is 41.6 Å². The average Bonchev–Trinajstić information content (AvgIpc) is 3.26. The molecule has 3 aromatic carbocycles. The number of fused-ring (bicyclic) bond motifs is 1. The maximum Gasteiger partial charge on any atom is 0.416 e. The molecule has 2 aliphatic rings. The molecule has 0 radical (unpaired) electrons. The lowest BCUT2D eigenvalue weighted by atomic mass is 9.91. The molecule has 0 spiro atoms. The highest BCUT2D eigenvalue weighted by Gasteiger charge is 2.32. The molecule has 2 heterocycles. The van der Waals surface area contributed by atoms with Crippen molar-refractivity contribution in [3.8, 4) is 28.1 Å². The predicted octanol–water partition coefficient (Wildman–Crippen LogP) is 9.23. The first-order chi connectivity index (χ1) is 20.7. The van der Waals surface area contributed by atoms with Crippen LogP contribution in [0.25, 0.3) is 33.3 Å². The van der Waals surface area contributed by atoms with Gasteiger partial charge >= 0.3 is 12.3 Å². The largest absolute Gasteiger partial charge is 0.490 e. The minimum atomic E-state index is -4.42. The van der Waals surface area contributed by atoms with Crippen molar-refractivity contribution < 1.29 is 32.2 Å². The molecule has 1 aromatic heterocycles. The van der Waals surface area contributed by atoms with Gasteiger partial charge in [-0.15, -0.1) is 0 Å². The summed E-state index contributed by atoms with van der Waals surface area (Å²) in [5.41, 5.74) is 4.29. The van der Waals surface area contributed by atoms with Crippen molar-refractivity contribution in [2.75, 3.05) is 18.5 Å². The molecule has 9 heteroatoms. The molecule has 1 saturated heterocycles. The quantitative estimate of drug-likeness (QED) is 0.232. The fourth-order valence-corrected chi connectivity index (χ4v) is 5.85. The van der Waals surface area contributed by atoms with Crippen molar-refractivity contribution in [3.05, 3.63) is 72.3 Å². The molecule has 0 atom stereocenters. The van der Waals surface area contributed by atoms with E-state index < -0.39 is 17.8 Å². The van der Waals surface area contributed by atoms with Gasteiger partial charge in [-0.2, -0.15) is 13.2 Å². The Morgan fingerprint density at radius 2 is 1.60 bits per heavy atom. The number of carbonyl (C=O) groups excluding carboxylic acids is 1. The lowest BCUT2D eigenvalue weighted by Gasteiger charge is -2.30. The number of benzene rings is 3. The fraction of sp³-hybridized carbons (Fsp3) is 0.382. The molecule has 1 saturated carbocycles. The molecule has 1 amide bonds. The van der Waals surface area contributed by atoms with E-state index >= 15 is 0 Å². The van der Waals surface area contributed by atoms with Gasteiger partial charge in [0.05, 0.1) is 36.1 Å². The van der Waals surface area contributed by atoms with Crippen LogP contribution in [0.4, 0.5) is 23.7 Å². The topological polar surface area (TPSA) is 61.7 Å². The molecule has 1 aliphatic heterocycles. The van der Waals surface area contributed by atoms with Gasteiger partial charge in [0.15, 0.2) is 0 Å². The zero-order valence-electron chi connectivity index (χ0n) is 24.2. The zero-order valence-corrected chi connectivity index (χ0v) is 24.2. The Bertz CT molecular complexity index is 1580. The van der Waals surface area contributed by atoms with E-state index in [1.807, 2.05) is 36.4 Å². The van der Waals surface area contributed by atoms with Gasteiger partial charge in [-0.05, 0) is 80.6 Å². The van der Waals surface area contributed by atoms with Crippen LogP contribution in [-0.2, 0) is 15.7 Å². The normalized spacial score (nSPS) is 16.3. The first-order valence-electron chi connectivity index (χ1n) is 14.9. The van der Waals surface area contributed by atoms with Crippen LogP contribution >= 0.6 is 0 Å². The van der Waals surface area contributed by atoms with Crippen LogP contribution in [0.5, 0.6) is 5.75 Å². The fourth-order valence-electron chi connectivity index (χ4n) is 5.85. The number of rotatable bonds is 7. The van der Waals surface area contributed by atoms with Crippen molar-refractivity contribution >= 4 is 22.7 Å². The Hall–Kier alpha value is -3.98. The molecule has 0 unspecified atom stereocenters. The molecule has 2 fully saturated rings. The van der Waals surface area contributed by atoms with E-state index in [9.17, 15) is 18.0 Å². The molecule has 43 heavy (non-hydrogen) atoms. The molecule has 6 nitrogen and oxygen atoms in total. The van der Waals surface area contributed by atoms with E-state index in [4.69, 9.17) is 14.2 Å². The van der Waals surface area contributed by atoms with Crippen LogP contribution in [0, 0.1) is 0 Å². The number of alkyl halides is 3. The second kappa shape index (κ2) is 12.0. The van der Waals surface area contributed by atoms with Crippen molar-refractivity contribution in [3.63, 3.8) is 0 Å². The highest BCUT2D eigenvalue weighted by atomic mass is 19.4. The van der Waals surface area contributed by atoms with Crippen molar-refractivity contribution in [2.45, 2.75) is 70.4 Å². The third-order valence-corrected chi connectivity index (χ3v) is 8.14. The van der Waals surface area contributed by atoms with Crippen LogP contribution in [0.3, 0.4) is 0 Å². The number of hydrogen-bond donors (Lipinski definition) is 1. The number of nitrogens with zero attached hydrogens (tertiary/aromatic N) is 1. The van der Waals surface area contributed by atoms with Gasteiger partial charge < -0.3 is 18.8 Å². The monoisotopic (exact) mass is 592 g/mol. The van der Waals surface area contributed by atoms with Gasteiger partial charge in [-0.3, -0.25) is 5.32 Å². The minimum Gasteiger partial charge on any atom is -0.490 e. The third kappa shape index (κ3) is 6.22. The summed E-state index contributed by atoms with van der Waals surface area (Å²) in [4.78, 5) is 12.2. The van der Waals surface area contributed by atoms with E-state index in [2.05, 4.69) is 16.0 Å². The number of amides is 1. The second-order valence-electron chi connectivity index (χ2n) is 11.5. The number of hydrogen-bond acceptors (Lipinski definition) is 4. The predicted molar refractivity (Wildman–Crippen MR) is 160 cm³/mol. The van der Waals surface area contributed by atoms with E-state index in [1.54, 1.807) is 26.0 Å². The van der Waals surface area contributed by atoms with Gasteiger partial charge in [0.2, 0.25) is 0 Å².